The van der Waals surface area contributed by atoms with E-state index in [2.05, 4.69) is 21.6 Å². The summed E-state index contributed by atoms with van der Waals surface area (Å²) in [6.45, 7) is 3.08. The number of amides is 2. The SMILES string of the molecule is O=C(NCCc1ccccc1)c1ccccc1NC(=O)C1CCN(Cc2cccc(Cl)c2)CC1. The number of para-hydroxylation sites is 1. The van der Waals surface area contributed by atoms with Crippen molar-refractivity contribution >= 4 is 29.1 Å². The van der Waals surface area contributed by atoms with Gasteiger partial charge in [-0.3, -0.25) is 14.5 Å². The van der Waals surface area contributed by atoms with Gasteiger partial charge in [0.05, 0.1) is 11.3 Å². The second-order valence-corrected chi connectivity index (χ2v) is 9.14. The molecule has 5 nitrogen and oxygen atoms in total. The second kappa shape index (κ2) is 11.8. The number of hydrogen-bond donors (Lipinski definition) is 2. The summed E-state index contributed by atoms with van der Waals surface area (Å²) in [5, 5.41) is 6.72. The van der Waals surface area contributed by atoms with Gasteiger partial charge in [0, 0.05) is 24.0 Å². The highest BCUT2D eigenvalue weighted by Gasteiger charge is 2.26. The van der Waals surface area contributed by atoms with Crippen molar-refractivity contribution in [2.24, 2.45) is 5.92 Å². The summed E-state index contributed by atoms with van der Waals surface area (Å²) in [7, 11) is 0. The summed E-state index contributed by atoms with van der Waals surface area (Å²) in [5.41, 5.74) is 3.40. The van der Waals surface area contributed by atoms with E-state index in [0.29, 0.717) is 17.8 Å². The maximum atomic E-state index is 13.0. The fourth-order valence-corrected chi connectivity index (χ4v) is 4.54. The van der Waals surface area contributed by atoms with E-state index in [0.717, 1.165) is 43.9 Å². The molecule has 2 amide bonds. The molecule has 6 heteroatoms. The number of anilines is 1. The number of rotatable bonds is 8. The number of hydrogen-bond acceptors (Lipinski definition) is 3. The van der Waals surface area contributed by atoms with Gasteiger partial charge in [0.25, 0.3) is 5.91 Å². The van der Waals surface area contributed by atoms with E-state index >= 15 is 0 Å². The van der Waals surface area contributed by atoms with Crippen molar-refractivity contribution in [2.75, 3.05) is 25.0 Å². The molecular weight excluding hydrogens is 446 g/mol. The van der Waals surface area contributed by atoms with Crippen LogP contribution in [0.3, 0.4) is 0 Å². The molecule has 0 aromatic heterocycles. The van der Waals surface area contributed by atoms with Gasteiger partial charge in [-0.25, -0.2) is 0 Å². The van der Waals surface area contributed by atoms with E-state index in [1.807, 2.05) is 60.7 Å². The van der Waals surface area contributed by atoms with Crippen LogP contribution in [0, 0.1) is 5.92 Å². The number of likely N-dealkylation sites (tertiary alicyclic amines) is 1. The van der Waals surface area contributed by atoms with Crippen molar-refractivity contribution in [3.63, 3.8) is 0 Å². The molecule has 1 heterocycles. The van der Waals surface area contributed by atoms with Crippen molar-refractivity contribution in [2.45, 2.75) is 25.8 Å². The number of nitrogens with zero attached hydrogens (tertiary/aromatic N) is 1. The first-order chi connectivity index (χ1) is 16.6. The highest BCUT2D eigenvalue weighted by atomic mass is 35.5. The number of carbonyl (C=O) groups excluding carboxylic acids is 2. The number of halogens is 1. The average Bonchev–Trinajstić information content (AvgIpc) is 2.85. The first-order valence-electron chi connectivity index (χ1n) is 11.8. The quantitative estimate of drug-likeness (QED) is 0.473. The molecule has 1 aliphatic heterocycles. The van der Waals surface area contributed by atoms with E-state index in [1.54, 1.807) is 12.1 Å². The van der Waals surface area contributed by atoms with Crippen LogP contribution in [0.15, 0.2) is 78.9 Å². The smallest absolute Gasteiger partial charge is 0.253 e. The molecule has 1 fully saturated rings. The lowest BCUT2D eigenvalue weighted by Crippen LogP contribution is -2.38. The topological polar surface area (TPSA) is 61.4 Å². The molecule has 3 aromatic rings. The van der Waals surface area contributed by atoms with Crippen LogP contribution in [-0.4, -0.2) is 36.3 Å². The zero-order valence-corrected chi connectivity index (χ0v) is 19.9. The van der Waals surface area contributed by atoms with Crippen LogP contribution in [-0.2, 0) is 17.8 Å². The summed E-state index contributed by atoms with van der Waals surface area (Å²) in [4.78, 5) is 28.1. The number of carbonyl (C=O) groups is 2. The number of benzene rings is 3. The molecule has 1 saturated heterocycles. The fourth-order valence-electron chi connectivity index (χ4n) is 4.33. The Morgan fingerprint density at radius 2 is 1.59 bits per heavy atom. The Hall–Kier alpha value is -3.15. The number of nitrogens with one attached hydrogen (secondary N) is 2. The summed E-state index contributed by atoms with van der Waals surface area (Å²) in [5.74, 6) is -0.264. The monoisotopic (exact) mass is 475 g/mol. The third-order valence-corrected chi connectivity index (χ3v) is 6.46. The minimum absolute atomic E-state index is 0.0214. The second-order valence-electron chi connectivity index (χ2n) is 8.71. The summed E-state index contributed by atoms with van der Waals surface area (Å²) >= 11 is 6.10. The van der Waals surface area contributed by atoms with Gasteiger partial charge < -0.3 is 10.6 Å². The molecule has 0 unspecified atom stereocenters. The van der Waals surface area contributed by atoms with Crippen molar-refractivity contribution in [1.29, 1.82) is 0 Å². The van der Waals surface area contributed by atoms with Crippen molar-refractivity contribution < 1.29 is 9.59 Å². The van der Waals surface area contributed by atoms with Gasteiger partial charge in [-0.15, -0.1) is 0 Å². The van der Waals surface area contributed by atoms with Crippen molar-refractivity contribution in [3.05, 3.63) is 101 Å². The molecule has 2 N–H and O–H groups in total. The highest BCUT2D eigenvalue weighted by Crippen LogP contribution is 2.23. The predicted molar refractivity (Wildman–Crippen MR) is 137 cm³/mol. The molecule has 34 heavy (non-hydrogen) atoms. The van der Waals surface area contributed by atoms with Crippen molar-refractivity contribution in [3.8, 4) is 0 Å². The molecule has 0 bridgehead atoms. The van der Waals surface area contributed by atoms with E-state index in [4.69, 9.17) is 11.6 Å². The molecule has 3 aromatic carbocycles. The predicted octanol–water partition coefficient (Wildman–Crippen LogP) is 5.16. The Bertz CT molecular complexity index is 1110. The molecule has 0 radical (unpaired) electrons. The molecule has 0 saturated carbocycles. The molecular formula is C28H30ClN3O2. The summed E-state index contributed by atoms with van der Waals surface area (Å²) < 4.78 is 0. The Balaban J connectivity index is 1.28. The van der Waals surface area contributed by atoms with E-state index in [9.17, 15) is 9.59 Å². The maximum absolute atomic E-state index is 13.0. The normalized spacial score (nSPS) is 14.5. The van der Waals surface area contributed by atoms with Crippen LogP contribution in [0.5, 0.6) is 0 Å². The minimum Gasteiger partial charge on any atom is -0.352 e. The molecule has 1 aliphatic rings. The maximum Gasteiger partial charge on any atom is 0.253 e. The Morgan fingerprint density at radius 1 is 0.882 bits per heavy atom. The van der Waals surface area contributed by atoms with E-state index in [1.165, 1.54) is 11.1 Å². The Morgan fingerprint density at radius 3 is 2.35 bits per heavy atom. The molecule has 0 spiro atoms. The lowest BCUT2D eigenvalue weighted by Gasteiger charge is -2.31. The van der Waals surface area contributed by atoms with Gasteiger partial charge in [-0.1, -0.05) is 66.2 Å². The molecule has 0 atom stereocenters. The van der Waals surface area contributed by atoms with Crippen LogP contribution in [0.25, 0.3) is 0 Å². The van der Waals surface area contributed by atoms with E-state index < -0.39 is 0 Å². The molecule has 4 rings (SSSR count). The van der Waals surface area contributed by atoms with Gasteiger partial charge in [0.15, 0.2) is 0 Å². The first-order valence-corrected chi connectivity index (χ1v) is 12.1. The van der Waals surface area contributed by atoms with Gasteiger partial charge in [0.2, 0.25) is 5.91 Å². The largest absolute Gasteiger partial charge is 0.352 e. The third kappa shape index (κ3) is 6.69. The van der Waals surface area contributed by atoms with Gasteiger partial charge in [0.1, 0.15) is 0 Å². The van der Waals surface area contributed by atoms with Crippen LogP contribution >= 0.6 is 11.6 Å². The lowest BCUT2D eigenvalue weighted by molar-refractivity contribution is -0.121. The van der Waals surface area contributed by atoms with Crippen LogP contribution in [0.2, 0.25) is 5.02 Å². The minimum atomic E-state index is -0.178. The van der Waals surface area contributed by atoms with Crippen LogP contribution in [0.4, 0.5) is 5.69 Å². The van der Waals surface area contributed by atoms with Gasteiger partial charge in [-0.2, -0.15) is 0 Å². The standard InChI is InChI=1S/C28H30ClN3O2/c29-24-10-6-9-22(19-24)20-32-17-14-23(15-18-32)27(33)31-26-12-5-4-11-25(26)28(34)30-16-13-21-7-2-1-3-8-21/h1-12,19,23H,13-18,20H2,(H,30,34)(H,31,33). The lowest BCUT2D eigenvalue weighted by atomic mass is 9.95. The van der Waals surface area contributed by atoms with Crippen LogP contribution < -0.4 is 10.6 Å². The number of piperidine rings is 1. The first kappa shape index (κ1) is 24.0. The summed E-state index contributed by atoms with van der Waals surface area (Å²) in [6, 6.07) is 25.1. The Kier molecular flexibility index (Phi) is 8.34. The zero-order valence-electron chi connectivity index (χ0n) is 19.2. The van der Waals surface area contributed by atoms with Gasteiger partial charge >= 0.3 is 0 Å². The van der Waals surface area contributed by atoms with Crippen molar-refractivity contribution in [1.82, 2.24) is 10.2 Å². The van der Waals surface area contributed by atoms with E-state index in [-0.39, 0.29) is 17.7 Å². The Labute approximate surface area is 206 Å². The van der Waals surface area contributed by atoms with Crippen LogP contribution in [0.1, 0.15) is 34.3 Å². The zero-order chi connectivity index (χ0) is 23.8. The average molecular weight is 476 g/mol. The third-order valence-electron chi connectivity index (χ3n) is 6.23. The molecule has 176 valence electrons. The van der Waals surface area contributed by atoms with Gasteiger partial charge in [-0.05, 0) is 67.7 Å². The molecule has 0 aliphatic carbocycles. The highest BCUT2D eigenvalue weighted by molar-refractivity contribution is 6.30. The fraction of sp³-hybridized carbons (Fsp3) is 0.286. The summed E-state index contributed by atoms with van der Waals surface area (Å²) in [6.07, 6.45) is 2.34.